The lowest BCUT2D eigenvalue weighted by molar-refractivity contribution is 0.706. The quantitative estimate of drug-likeness (QED) is 0.357. The van der Waals surface area contributed by atoms with Crippen molar-refractivity contribution >= 4 is 29.2 Å². The molecule has 1 aliphatic heterocycles. The third kappa shape index (κ3) is 4.71. The first-order valence-corrected chi connectivity index (χ1v) is 12.0. The Morgan fingerprint density at radius 2 is 1.21 bits per heavy atom. The zero-order valence-corrected chi connectivity index (χ0v) is 19.8. The second-order valence-corrected chi connectivity index (χ2v) is 8.49. The Morgan fingerprint density at radius 1 is 0.676 bits per heavy atom. The van der Waals surface area contributed by atoms with Gasteiger partial charge in [0, 0.05) is 24.5 Å². The molecule has 0 saturated carbocycles. The maximum Gasteiger partial charge on any atom is 0.233 e. The molecule has 0 unspecified atom stereocenters. The maximum absolute atomic E-state index is 4.84. The second-order valence-electron chi connectivity index (χ2n) is 8.49. The van der Waals surface area contributed by atoms with Gasteiger partial charge in [-0.15, -0.1) is 0 Å². The summed E-state index contributed by atoms with van der Waals surface area (Å²) in [6.45, 7) is 5.96. The van der Waals surface area contributed by atoms with Crippen molar-refractivity contribution in [2.24, 2.45) is 0 Å². The number of aromatic nitrogens is 3. The van der Waals surface area contributed by atoms with E-state index in [2.05, 4.69) is 90.0 Å². The molecule has 34 heavy (non-hydrogen) atoms. The lowest BCUT2D eigenvalue weighted by Gasteiger charge is -2.29. The van der Waals surface area contributed by atoms with Crippen molar-refractivity contribution in [2.75, 3.05) is 22.1 Å². The van der Waals surface area contributed by atoms with Crippen LogP contribution in [0.1, 0.15) is 36.1 Å². The van der Waals surface area contributed by atoms with Crippen molar-refractivity contribution in [2.45, 2.75) is 39.7 Å². The number of rotatable bonds is 7. The van der Waals surface area contributed by atoms with Gasteiger partial charge in [-0.1, -0.05) is 74.5 Å². The van der Waals surface area contributed by atoms with E-state index in [0.29, 0.717) is 17.8 Å². The molecule has 0 bridgehead atoms. The van der Waals surface area contributed by atoms with Gasteiger partial charge in [0.1, 0.15) is 0 Å². The van der Waals surface area contributed by atoms with Gasteiger partial charge in [-0.2, -0.15) is 15.0 Å². The molecule has 0 saturated heterocycles. The molecular weight excluding hydrogens is 420 g/mol. The Labute approximate surface area is 201 Å². The van der Waals surface area contributed by atoms with Crippen molar-refractivity contribution in [1.82, 2.24) is 15.0 Å². The van der Waals surface area contributed by atoms with Crippen LogP contribution in [-0.4, -0.2) is 21.5 Å². The van der Waals surface area contributed by atoms with E-state index in [9.17, 15) is 0 Å². The SMILES string of the molecule is CCc1ccccc1Nc1nc(Nc2ccccc2CC)nc(N2CCc3ccccc3C2)n1. The first-order chi connectivity index (χ1) is 16.7. The summed E-state index contributed by atoms with van der Waals surface area (Å²) >= 11 is 0. The van der Waals surface area contributed by atoms with Crippen LogP contribution in [0.2, 0.25) is 0 Å². The number of hydrogen-bond acceptors (Lipinski definition) is 6. The molecule has 6 nitrogen and oxygen atoms in total. The fourth-order valence-electron chi connectivity index (χ4n) is 4.43. The lowest BCUT2D eigenvalue weighted by atomic mass is 10.0. The highest BCUT2D eigenvalue weighted by Gasteiger charge is 2.20. The number of nitrogens with one attached hydrogen (secondary N) is 2. The molecule has 0 spiro atoms. The van der Waals surface area contributed by atoms with Gasteiger partial charge in [0.25, 0.3) is 0 Å². The molecule has 172 valence electrons. The number of benzene rings is 3. The van der Waals surface area contributed by atoms with Crippen LogP contribution in [-0.2, 0) is 25.8 Å². The summed E-state index contributed by atoms with van der Waals surface area (Å²) in [5, 5.41) is 6.90. The lowest BCUT2D eigenvalue weighted by Crippen LogP contribution is -2.32. The van der Waals surface area contributed by atoms with E-state index >= 15 is 0 Å². The maximum atomic E-state index is 4.84. The van der Waals surface area contributed by atoms with Gasteiger partial charge in [-0.05, 0) is 53.6 Å². The largest absolute Gasteiger partial charge is 0.336 e. The van der Waals surface area contributed by atoms with Gasteiger partial charge in [0.05, 0.1) is 0 Å². The highest BCUT2D eigenvalue weighted by atomic mass is 15.3. The van der Waals surface area contributed by atoms with Crippen LogP contribution in [0, 0.1) is 0 Å². The van der Waals surface area contributed by atoms with E-state index in [1.165, 1.54) is 22.3 Å². The number of para-hydroxylation sites is 2. The minimum Gasteiger partial charge on any atom is -0.336 e. The fourth-order valence-corrected chi connectivity index (χ4v) is 4.43. The zero-order chi connectivity index (χ0) is 23.3. The molecule has 6 heteroatoms. The Bertz CT molecular complexity index is 1220. The van der Waals surface area contributed by atoms with Crippen LogP contribution < -0.4 is 15.5 Å². The molecule has 2 N–H and O–H groups in total. The van der Waals surface area contributed by atoms with Gasteiger partial charge in [0.2, 0.25) is 17.8 Å². The highest BCUT2D eigenvalue weighted by Crippen LogP contribution is 2.27. The van der Waals surface area contributed by atoms with E-state index in [1.807, 2.05) is 12.1 Å². The van der Waals surface area contributed by atoms with Crippen molar-refractivity contribution < 1.29 is 0 Å². The average molecular weight is 451 g/mol. The van der Waals surface area contributed by atoms with Gasteiger partial charge in [0.15, 0.2) is 0 Å². The van der Waals surface area contributed by atoms with Crippen LogP contribution >= 0.6 is 0 Å². The van der Waals surface area contributed by atoms with Crippen molar-refractivity contribution in [3.05, 3.63) is 95.1 Å². The summed E-state index contributed by atoms with van der Waals surface area (Å²) in [5.74, 6) is 1.76. The Balaban J connectivity index is 1.51. The molecule has 0 aliphatic carbocycles. The molecule has 0 radical (unpaired) electrons. The summed E-state index contributed by atoms with van der Waals surface area (Å²) in [7, 11) is 0. The first-order valence-electron chi connectivity index (χ1n) is 12.0. The molecule has 2 heterocycles. The molecular formula is C28H30N6. The third-order valence-electron chi connectivity index (χ3n) is 6.33. The standard InChI is InChI=1S/C28H30N6/c1-3-20-11-7-9-15-24(20)29-26-31-27(30-25-16-10-8-12-21(25)4-2)33-28(32-26)34-18-17-22-13-5-6-14-23(22)19-34/h5-16H,3-4,17-19H2,1-2H3,(H2,29,30,31,32,33). The zero-order valence-electron chi connectivity index (χ0n) is 19.8. The van der Waals surface area contributed by atoms with E-state index < -0.39 is 0 Å². The Kier molecular flexibility index (Phi) is 6.38. The molecule has 3 aromatic carbocycles. The van der Waals surface area contributed by atoms with Crippen molar-refractivity contribution in [1.29, 1.82) is 0 Å². The molecule has 5 rings (SSSR count). The van der Waals surface area contributed by atoms with Gasteiger partial charge >= 0.3 is 0 Å². The van der Waals surface area contributed by atoms with Crippen LogP contribution in [0.5, 0.6) is 0 Å². The number of anilines is 5. The molecule has 0 atom stereocenters. The molecule has 1 aliphatic rings. The molecule has 0 fully saturated rings. The fraction of sp³-hybridized carbons (Fsp3) is 0.250. The number of nitrogens with zero attached hydrogens (tertiary/aromatic N) is 4. The minimum absolute atomic E-state index is 0.543. The predicted octanol–water partition coefficient (Wildman–Crippen LogP) is 6.05. The molecule has 1 aromatic heterocycles. The van der Waals surface area contributed by atoms with E-state index in [4.69, 9.17) is 15.0 Å². The summed E-state index contributed by atoms with van der Waals surface area (Å²) in [5.41, 5.74) is 7.21. The molecule has 0 amide bonds. The Hall–Kier alpha value is -3.93. The van der Waals surface area contributed by atoms with Gasteiger partial charge in [-0.3, -0.25) is 0 Å². The number of aryl methyl sites for hydroxylation is 2. The van der Waals surface area contributed by atoms with Crippen LogP contribution in [0.15, 0.2) is 72.8 Å². The minimum atomic E-state index is 0.543. The van der Waals surface area contributed by atoms with Crippen LogP contribution in [0.3, 0.4) is 0 Å². The predicted molar refractivity (Wildman–Crippen MR) is 139 cm³/mol. The second kappa shape index (κ2) is 9.91. The van der Waals surface area contributed by atoms with Crippen molar-refractivity contribution in [3.63, 3.8) is 0 Å². The monoisotopic (exact) mass is 450 g/mol. The number of hydrogen-bond donors (Lipinski definition) is 2. The van der Waals surface area contributed by atoms with E-state index in [0.717, 1.165) is 43.7 Å². The third-order valence-corrected chi connectivity index (χ3v) is 6.33. The summed E-state index contributed by atoms with van der Waals surface area (Å²) < 4.78 is 0. The normalized spacial score (nSPS) is 12.8. The smallest absolute Gasteiger partial charge is 0.233 e. The van der Waals surface area contributed by atoms with Crippen LogP contribution in [0.25, 0.3) is 0 Å². The summed E-state index contributed by atoms with van der Waals surface area (Å²) in [6.07, 6.45) is 2.84. The molecule has 4 aromatic rings. The summed E-state index contributed by atoms with van der Waals surface area (Å²) in [6, 6.07) is 25.2. The van der Waals surface area contributed by atoms with Crippen LogP contribution in [0.4, 0.5) is 29.2 Å². The van der Waals surface area contributed by atoms with E-state index in [-0.39, 0.29) is 0 Å². The summed E-state index contributed by atoms with van der Waals surface area (Å²) in [4.78, 5) is 16.7. The number of fused-ring (bicyclic) bond motifs is 1. The van der Waals surface area contributed by atoms with Gasteiger partial charge < -0.3 is 15.5 Å². The van der Waals surface area contributed by atoms with E-state index in [1.54, 1.807) is 0 Å². The van der Waals surface area contributed by atoms with Crippen molar-refractivity contribution in [3.8, 4) is 0 Å². The first kappa shape index (κ1) is 21.9. The Morgan fingerprint density at radius 3 is 1.79 bits per heavy atom. The van der Waals surface area contributed by atoms with Gasteiger partial charge in [-0.25, -0.2) is 0 Å². The average Bonchev–Trinajstić information content (AvgIpc) is 2.89. The topological polar surface area (TPSA) is 66.0 Å². The highest BCUT2D eigenvalue weighted by molar-refractivity contribution is 5.63.